The van der Waals surface area contributed by atoms with Gasteiger partial charge in [-0.2, -0.15) is 0 Å². The summed E-state index contributed by atoms with van der Waals surface area (Å²) in [5.41, 5.74) is 0. The third-order valence-corrected chi connectivity index (χ3v) is 3.98. The van der Waals surface area contributed by atoms with Crippen LogP contribution in [0.15, 0.2) is 60.0 Å². The van der Waals surface area contributed by atoms with E-state index in [0.29, 0.717) is 10.6 Å². The monoisotopic (exact) mass is 304 g/mol. The second-order valence-corrected chi connectivity index (χ2v) is 5.36. The number of thiophene rings is 1. The molecule has 3 aromatic rings. The van der Waals surface area contributed by atoms with Crippen LogP contribution in [0.4, 0.5) is 0 Å². The van der Waals surface area contributed by atoms with Gasteiger partial charge in [-0.25, -0.2) is 0 Å². The molecule has 0 fully saturated rings. The second kappa shape index (κ2) is 6.74. The van der Waals surface area contributed by atoms with E-state index in [1.807, 2.05) is 30.3 Å². The first kappa shape index (κ1) is 7.97. The van der Waals surface area contributed by atoms with Gasteiger partial charge in [-0.3, -0.25) is 0 Å². The van der Waals surface area contributed by atoms with Crippen molar-refractivity contribution in [3.63, 3.8) is 0 Å². The molecule has 2 aromatic carbocycles. The molecule has 21 heavy (non-hydrogen) atoms. The van der Waals surface area contributed by atoms with Gasteiger partial charge in [-0.05, 0) is 36.4 Å². The van der Waals surface area contributed by atoms with E-state index in [4.69, 9.17) is 14.3 Å². The first-order valence-electron chi connectivity index (χ1n) is 9.98. The number of hydrogen-bond donors (Lipinski definition) is 1. The van der Waals surface area contributed by atoms with Gasteiger partial charge in [0.05, 0.1) is 0 Å². The van der Waals surface area contributed by atoms with E-state index in [9.17, 15) is 0 Å². The molecule has 1 unspecified atom stereocenters. The predicted octanol–water partition coefficient (Wildman–Crippen LogP) is 4.63. The minimum Gasteiger partial charge on any atom is -0.484 e. The lowest BCUT2D eigenvalue weighted by Crippen LogP contribution is -2.15. The van der Waals surface area contributed by atoms with Gasteiger partial charge in [0.25, 0.3) is 0 Å². The van der Waals surface area contributed by atoms with Crippen molar-refractivity contribution in [3.05, 3.63) is 64.9 Å². The van der Waals surface area contributed by atoms with Crippen molar-refractivity contribution in [1.29, 1.82) is 0 Å². The Morgan fingerprint density at radius 3 is 2.95 bits per heavy atom. The summed E-state index contributed by atoms with van der Waals surface area (Å²) >= 11 is 1.22. The van der Waals surface area contributed by atoms with E-state index >= 15 is 0 Å². The molecule has 1 aromatic heterocycles. The van der Waals surface area contributed by atoms with Crippen LogP contribution in [0.1, 0.15) is 26.9 Å². The number of ether oxygens (including phenoxy) is 1. The van der Waals surface area contributed by atoms with Gasteiger partial charge in [0.1, 0.15) is 11.9 Å². The molecule has 0 aliphatic rings. The van der Waals surface area contributed by atoms with Gasteiger partial charge in [0, 0.05) is 26.2 Å². The molecule has 0 aliphatic heterocycles. The Bertz CT molecular complexity index is 935. The lowest BCUT2D eigenvalue weighted by atomic mass is 10.1. The van der Waals surface area contributed by atoms with Crippen LogP contribution in [-0.4, -0.2) is 13.5 Å². The maximum atomic E-state index is 8.46. The zero-order valence-electron chi connectivity index (χ0n) is 18.2. The Morgan fingerprint density at radius 1 is 1.19 bits per heavy atom. The van der Waals surface area contributed by atoms with E-state index in [2.05, 4.69) is 0 Å². The highest BCUT2D eigenvalue weighted by Crippen LogP contribution is 2.32. The fraction of sp³-hybridized carbons (Fsp3) is 0.222. The van der Waals surface area contributed by atoms with E-state index in [-0.39, 0.29) is 0 Å². The molecule has 0 bridgehead atoms. The molecule has 0 radical (unpaired) electrons. The smallest absolute Gasteiger partial charge is 0.134 e. The number of hydrogen-bond acceptors (Lipinski definition) is 3. The van der Waals surface area contributed by atoms with Gasteiger partial charge >= 0.3 is 0 Å². The second-order valence-electron chi connectivity index (χ2n) is 4.38. The summed E-state index contributed by atoms with van der Waals surface area (Å²) in [6.45, 7) is -5.73. The molecule has 0 spiro atoms. The number of rotatable bonds is 6. The average Bonchev–Trinajstić information content (AvgIpc) is 3.11. The van der Waals surface area contributed by atoms with Crippen molar-refractivity contribution in [3.8, 4) is 5.75 Å². The lowest BCUT2D eigenvalue weighted by Gasteiger charge is -2.19. The summed E-state index contributed by atoms with van der Waals surface area (Å²) in [5.74, 6) is 0.394. The molecule has 0 saturated carbocycles. The molecule has 0 amide bonds. The van der Waals surface area contributed by atoms with Crippen LogP contribution in [-0.2, 0) is 0 Å². The van der Waals surface area contributed by atoms with Gasteiger partial charge < -0.3 is 10.1 Å². The van der Waals surface area contributed by atoms with Crippen molar-refractivity contribution < 1.29 is 14.3 Å². The largest absolute Gasteiger partial charge is 0.484 e. The van der Waals surface area contributed by atoms with Crippen LogP contribution in [0.2, 0.25) is 0 Å². The third kappa shape index (κ3) is 3.26. The maximum Gasteiger partial charge on any atom is 0.134 e. The fourth-order valence-corrected chi connectivity index (χ4v) is 2.83. The molecule has 108 valence electrons. The van der Waals surface area contributed by atoms with Gasteiger partial charge in [-0.15, -0.1) is 11.3 Å². The first-order chi connectivity index (χ1) is 13.0. The highest BCUT2D eigenvalue weighted by Gasteiger charge is 2.15. The minimum absolute atomic E-state index is 0.394. The zero-order chi connectivity index (χ0) is 20.6. The Hall–Kier alpha value is -1.84. The van der Waals surface area contributed by atoms with Gasteiger partial charge in [-0.1, -0.05) is 42.5 Å². The van der Waals surface area contributed by atoms with E-state index in [1.165, 1.54) is 11.3 Å². The molecule has 1 N–H and O–H groups in total. The molecule has 2 nitrogen and oxygen atoms in total. The minimum atomic E-state index is -2.88. The fourth-order valence-electron chi connectivity index (χ4n) is 2.13. The molecule has 0 aliphatic carbocycles. The summed E-state index contributed by atoms with van der Waals surface area (Å²) in [6.07, 6.45) is -4.05. The molecule has 1 atom stereocenters. The normalized spacial score (nSPS) is 19.3. The first-order valence-corrected chi connectivity index (χ1v) is 7.36. The van der Waals surface area contributed by atoms with Crippen molar-refractivity contribution in [2.75, 3.05) is 13.5 Å². The SMILES string of the molecule is [2H]C([2H])([2H])NC([2H])([2H])C([2H])([2H])C(Oc1cccc2ccccc12)c1cccs1. The standard InChI is InChI=1S/C18H19NOS/c1-19-12-11-17(18-10-5-13-21-18)20-16-9-4-7-14-6-2-3-8-15(14)16/h2-10,13,17,19H,11-12H2,1H3/i1D3,11D2,12D2. The molecular weight excluding hydrogens is 278 g/mol. The van der Waals surface area contributed by atoms with Crippen molar-refractivity contribution in [2.45, 2.75) is 12.5 Å². The summed E-state index contributed by atoms with van der Waals surface area (Å²) in [4.78, 5) is 0.453. The Labute approximate surface area is 139 Å². The topological polar surface area (TPSA) is 21.3 Å². The van der Waals surface area contributed by atoms with Gasteiger partial charge in [0.15, 0.2) is 0 Å². The Balaban J connectivity index is 2.05. The summed E-state index contributed by atoms with van der Waals surface area (Å²) in [7, 11) is 0. The molecule has 3 heteroatoms. The molecule has 0 saturated heterocycles. The highest BCUT2D eigenvalue weighted by atomic mass is 32.1. The van der Waals surface area contributed by atoms with Crippen LogP contribution in [0.3, 0.4) is 0 Å². The van der Waals surface area contributed by atoms with Crippen LogP contribution in [0.5, 0.6) is 5.75 Å². The molecular formula is C18H19NOS. The average molecular weight is 304 g/mol. The Morgan fingerprint density at radius 2 is 2.10 bits per heavy atom. The van der Waals surface area contributed by atoms with E-state index in [0.717, 1.165) is 10.8 Å². The van der Waals surface area contributed by atoms with Crippen molar-refractivity contribution in [1.82, 2.24) is 5.32 Å². The quantitative estimate of drug-likeness (QED) is 0.717. The summed E-state index contributed by atoms with van der Waals surface area (Å²) in [6, 6.07) is 16.1. The highest BCUT2D eigenvalue weighted by molar-refractivity contribution is 7.10. The zero-order valence-corrected chi connectivity index (χ0v) is 12.0. The predicted molar refractivity (Wildman–Crippen MR) is 90.2 cm³/mol. The Kier molecular flexibility index (Phi) is 2.56. The van der Waals surface area contributed by atoms with Crippen molar-refractivity contribution in [2.24, 2.45) is 0 Å². The van der Waals surface area contributed by atoms with E-state index < -0.39 is 25.9 Å². The van der Waals surface area contributed by atoms with Crippen LogP contribution >= 0.6 is 11.3 Å². The van der Waals surface area contributed by atoms with Crippen LogP contribution in [0.25, 0.3) is 10.8 Å². The molecule has 1 heterocycles. The summed E-state index contributed by atoms with van der Waals surface area (Å²) in [5, 5.41) is 5.17. The summed E-state index contributed by atoms with van der Waals surface area (Å²) < 4.78 is 61.0. The lowest BCUT2D eigenvalue weighted by molar-refractivity contribution is 0.201. The van der Waals surface area contributed by atoms with Crippen LogP contribution in [0, 0.1) is 0 Å². The number of benzene rings is 2. The van der Waals surface area contributed by atoms with E-state index in [1.54, 1.807) is 35.0 Å². The van der Waals surface area contributed by atoms with Gasteiger partial charge in [0.2, 0.25) is 0 Å². The van der Waals surface area contributed by atoms with Crippen molar-refractivity contribution >= 4 is 22.1 Å². The molecule has 3 rings (SSSR count). The van der Waals surface area contributed by atoms with Crippen LogP contribution < -0.4 is 10.1 Å². The number of nitrogens with one attached hydrogen (secondary N) is 1. The number of fused-ring (bicyclic) bond motifs is 1. The maximum absolute atomic E-state index is 8.46. The third-order valence-electron chi connectivity index (χ3n) is 3.06.